The molecule has 0 aliphatic carbocycles. The SMILES string of the molecule is O=C1NN(c2ccccc2)C(=O)C1=Cc1cc(Br)c(Br)o1. The Hall–Kier alpha value is -1.86. The van der Waals surface area contributed by atoms with Crippen molar-refractivity contribution in [1.29, 1.82) is 0 Å². The standard InChI is InChI=1S/C14H8Br2N2O3/c15-11-7-9(21-12(11)16)6-10-13(19)17-18(14(10)20)8-4-2-1-3-5-8/h1-7H,(H,17,19). The molecule has 7 heteroatoms. The number of amides is 2. The van der Waals surface area contributed by atoms with Crippen molar-refractivity contribution in [2.24, 2.45) is 0 Å². The highest BCUT2D eigenvalue weighted by Crippen LogP contribution is 2.29. The quantitative estimate of drug-likeness (QED) is 0.609. The van der Waals surface area contributed by atoms with Crippen molar-refractivity contribution in [2.75, 3.05) is 5.01 Å². The first-order chi connectivity index (χ1) is 10.1. The number of benzene rings is 1. The summed E-state index contributed by atoms with van der Waals surface area (Å²) in [6, 6.07) is 10.6. The van der Waals surface area contributed by atoms with Crippen molar-refractivity contribution in [3.05, 3.63) is 56.9 Å². The third kappa shape index (κ3) is 2.66. The van der Waals surface area contributed by atoms with Gasteiger partial charge in [0.15, 0.2) is 4.67 Å². The fourth-order valence-corrected chi connectivity index (χ4v) is 2.50. The summed E-state index contributed by atoms with van der Waals surface area (Å²) in [6.45, 7) is 0. The number of para-hydroxylation sites is 1. The Labute approximate surface area is 136 Å². The molecule has 3 rings (SSSR count). The van der Waals surface area contributed by atoms with Crippen LogP contribution < -0.4 is 10.4 Å². The zero-order valence-electron chi connectivity index (χ0n) is 10.5. The molecule has 1 N–H and O–H groups in total. The lowest BCUT2D eigenvalue weighted by Gasteiger charge is -2.13. The molecule has 0 bridgehead atoms. The third-order valence-electron chi connectivity index (χ3n) is 2.86. The van der Waals surface area contributed by atoms with Gasteiger partial charge in [0.05, 0.1) is 10.2 Å². The van der Waals surface area contributed by atoms with E-state index in [2.05, 4.69) is 37.3 Å². The monoisotopic (exact) mass is 410 g/mol. The predicted octanol–water partition coefficient (Wildman–Crippen LogP) is 3.27. The molecular formula is C14H8Br2N2O3. The molecule has 1 aliphatic heterocycles. The van der Waals surface area contributed by atoms with Gasteiger partial charge in [-0.3, -0.25) is 15.0 Å². The van der Waals surface area contributed by atoms with Gasteiger partial charge in [-0.05, 0) is 56.1 Å². The van der Waals surface area contributed by atoms with Crippen LogP contribution in [0.25, 0.3) is 6.08 Å². The molecule has 1 fully saturated rings. The van der Waals surface area contributed by atoms with Crippen LogP contribution in [0, 0.1) is 0 Å². The molecule has 21 heavy (non-hydrogen) atoms. The van der Waals surface area contributed by atoms with Crippen molar-refractivity contribution in [3.8, 4) is 0 Å². The first kappa shape index (κ1) is 14.1. The number of nitrogens with one attached hydrogen (secondary N) is 1. The van der Waals surface area contributed by atoms with Crippen molar-refractivity contribution in [1.82, 2.24) is 5.43 Å². The summed E-state index contributed by atoms with van der Waals surface area (Å²) in [6.07, 6.45) is 1.41. The Morgan fingerprint density at radius 3 is 2.48 bits per heavy atom. The van der Waals surface area contributed by atoms with Gasteiger partial charge in [0, 0.05) is 0 Å². The van der Waals surface area contributed by atoms with Gasteiger partial charge in [0.2, 0.25) is 0 Å². The van der Waals surface area contributed by atoms with Crippen LogP contribution in [0.15, 0.2) is 55.5 Å². The molecule has 2 heterocycles. The predicted molar refractivity (Wildman–Crippen MR) is 84.2 cm³/mol. The maximum atomic E-state index is 12.3. The molecule has 1 saturated heterocycles. The van der Waals surface area contributed by atoms with Gasteiger partial charge < -0.3 is 4.42 Å². The molecule has 0 atom stereocenters. The number of hydrogen-bond donors (Lipinski definition) is 1. The Kier molecular flexibility index (Phi) is 3.69. The zero-order chi connectivity index (χ0) is 15.0. The Morgan fingerprint density at radius 2 is 1.86 bits per heavy atom. The van der Waals surface area contributed by atoms with E-state index in [4.69, 9.17) is 4.42 Å². The van der Waals surface area contributed by atoms with Crippen molar-refractivity contribution in [2.45, 2.75) is 0 Å². The highest BCUT2D eigenvalue weighted by atomic mass is 79.9. The number of hydrogen-bond acceptors (Lipinski definition) is 3. The van der Waals surface area contributed by atoms with Gasteiger partial charge in [-0.2, -0.15) is 0 Å². The first-order valence-corrected chi connectivity index (χ1v) is 7.52. The van der Waals surface area contributed by atoms with E-state index in [1.807, 2.05) is 6.07 Å². The number of anilines is 1. The minimum absolute atomic E-state index is 0.0209. The topological polar surface area (TPSA) is 62.6 Å². The van der Waals surface area contributed by atoms with Gasteiger partial charge in [0.1, 0.15) is 11.3 Å². The lowest BCUT2D eigenvalue weighted by molar-refractivity contribution is -0.117. The lowest BCUT2D eigenvalue weighted by atomic mass is 10.2. The molecule has 2 aromatic rings. The minimum Gasteiger partial charge on any atom is -0.449 e. The van der Waals surface area contributed by atoms with Crippen molar-refractivity contribution in [3.63, 3.8) is 0 Å². The number of nitrogens with zero attached hydrogens (tertiary/aromatic N) is 1. The Morgan fingerprint density at radius 1 is 1.14 bits per heavy atom. The number of carbonyl (C=O) groups is 2. The zero-order valence-corrected chi connectivity index (χ0v) is 13.6. The molecule has 1 aromatic heterocycles. The third-order valence-corrected chi connectivity index (χ3v) is 4.57. The van der Waals surface area contributed by atoms with Crippen LogP contribution in [0.1, 0.15) is 5.76 Å². The summed E-state index contributed by atoms with van der Waals surface area (Å²) in [5, 5.41) is 1.21. The largest absolute Gasteiger partial charge is 0.449 e. The van der Waals surface area contributed by atoms with E-state index in [9.17, 15) is 9.59 Å². The van der Waals surface area contributed by atoms with E-state index in [1.54, 1.807) is 30.3 Å². The summed E-state index contributed by atoms with van der Waals surface area (Å²) < 4.78 is 6.57. The van der Waals surface area contributed by atoms with Crippen LogP contribution in [0.3, 0.4) is 0 Å². The molecule has 0 spiro atoms. The van der Waals surface area contributed by atoms with Gasteiger partial charge in [-0.25, -0.2) is 5.01 Å². The average molecular weight is 412 g/mol. The Bertz CT molecular complexity index is 733. The molecule has 106 valence electrons. The van der Waals surface area contributed by atoms with Crippen molar-refractivity contribution < 1.29 is 14.0 Å². The minimum atomic E-state index is -0.465. The lowest BCUT2D eigenvalue weighted by Crippen LogP contribution is -2.35. The van der Waals surface area contributed by atoms with E-state index < -0.39 is 11.8 Å². The van der Waals surface area contributed by atoms with Crippen molar-refractivity contribution >= 4 is 55.4 Å². The number of rotatable bonds is 2. The molecule has 0 saturated carbocycles. The maximum Gasteiger partial charge on any atom is 0.282 e. The number of halogens is 2. The maximum absolute atomic E-state index is 12.3. The van der Waals surface area contributed by atoms with Crippen LogP contribution in [0.5, 0.6) is 0 Å². The van der Waals surface area contributed by atoms with Gasteiger partial charge >= 0.3 is 0 Å². The molecule has 5 nitrogen and oxygen atoms in total. The summed E-state index contributed by atoms with van der Waals surface area (Å²) in [5.41, 5.74) is 3.14. The summed E-state index contributed by atoms with van der Waals surface area (Å²) in [5.74, 6) is -0.482. The van der Waals surface area contributed by atoms with E-state index in [0.717, 1.165) is 0 Å². The van der Waals surface area contributed by atoms with Crippen LogP contribution in [0.2, 0.25) is 0 Å². The molecule has 1 aliphatic rings. The number of furan rings is 1. The molecule has 2 amide bonds. The average Bonchev–Trinajstić information content (AvgIpc) is 2.94. The van der Waals surface area contributed by atoms with E-state index >= 15 is 0 Å². The fraction of sp³-hybridized carbons (Fsp3) is 0. The molecule has 0 unspecified atom stereocenters. The summed E-state index contributed by atoms with van der Waals surface area (Å²) in [4.78, 5) is 24.3. The van der Waals surface area contributed by atoms with Crippen LogP contribution in [0.4, 0.5) is 5.69 Å². The van der Waals surface area contributed by atoms with E-state index in [0.29, 0.717) is 20.6 Å². The normalized spacial score (nSPS) is 16.7. The van der Waals surface area contributed by atoms with Crippen LogP contribution >= 0.6 is 31.9 Å². The Balaban J connectivity index is 1.94. The summed E-state index contributed by atoms with van der Waals surface area (Å²) in [7, 11) is 0. The smallest absolute Gasteiger partial charge is 0.282 e. The van der Waals surface area contributed by atoms with Gasteiger partial charge in [0.25, 0.3) is 11.8 Å². The van der Waals surface area contributed by atoms with E-state index in [-0.39, 0.29) is 5.57 Å². The molecule has 1 aromatic carbocycles. The second-order valence-corrected chi connectivity index (χ2v) is 5.82. The summed E-state index contributed by atoms with van der Waals surface area (Å²) >= 11 is 6.48. The first-order valence-electron chi connectivity index (χ1n) is 5.93. The van der Waals surface area contributed by atoms with Crippen LogP contribution in [-0.2, 0) is 9.59 Å². The number of hydrazine groups is 1. The van der Waals surface area contributed by atoms with Crippen LogP contribution in [-0.4, -0.2) is 11.8 Å². The second kappa shape index (κ2) is 5.50. The number of carbonyl (C=O) groups excluding carboxylic acids is 2. The highest BCUT2D eigenvalue weighted by Gasteiger charge is 2.34. The fourth-order valence-electron chi connectivity index (χ4n) is 1.89. The van der Waals surface area contributed by atoms with Gasteiger partial charge in [-0.1, -0.05) is 18.2 Å². The second-order valence-electron chi connectivity index (χ2n) is 4.25. The highest BCUT2D eigenvalue weighted by molar-refractivity contribution is 9.13. The van der Waals surface area contributed by atoms with Gasteiger partial charge in [-0.15, -0.1) is 0 Å². The van der Waals surface area contributed by atoms with E-state index in [1.165, 1.54) is 11.1 Å². The molecular weight excluding hydrogens is 404 g/mol. The molecule has 0 radical (unpaired) electrons.